The molecule has 0 radical (unpaired) electrons. The Bertz CT molecular complexity index is 447. The fourth-order valence-corrected chi connectivity index (χ4v) is 3.26. The Kier molecular flexibility index (Phi) is 6.07. The van der Waals surface area contributed by atoms with E-state index < -0.39 is 0 Å². The van der Waals surface area contributed by atoms with Gasteiger partial charge < -0.3 is 15.0 Å². The zero-order valence-electron chi connectivity index (χ0n) is 14.0. The van der Waals surface area contributed by atoms with Crippen LogP contribution in [0.5, 0.6) is 0 Å². The van der Waals surface area contributed by atoms with Gasteiger partial charge in [-0.2, -0.15) is 0 Å². The quantitative estimate of drug-likeness (QED) is 0.871. The van der Waals surface area contributed by atoms with Crippen molar-refractivity contribution in [2.75, 3.05) is 38.3 Å². The van der Waals surface area contributed by atoms with Gasteiger partial charge in [0.25, 0.3) is 0 Å². The number of aryl methyl sites for hydroxylation is 2. The number of hydrogen-bond donors (Lipinski definition) is 1. The number of nitrogens with one attached hydrogen (secondary N) is 1. The Morgan fingerprint density at radius 2 is 2.14 bits per heavy atom. The summed E-state index contributed by atoms with van der Waals surface area (Å²) in [7, 11) is 2.20. The van der Waals surface area contributed by atoms with Crippen LogP contribution in [0.2, 0.25) is 0 Å². The molecule has 0 spiro atoms. The normalized spacial score (nSPS) is 22.3. The van der Waals surface area contributed by atoms with Crippen LogP contribution in [0.25, 0.3) is 0 Å². The molecule has 0 aliphatic carbocycles. The van der Waals surface area contributed by atoms with Gasteiger partial charge in [-0.3, -0.25) is 0 Å². The van der Waals surface area contributed by atoms with Gasteiger partial charge in [0.1, 0.15) is 0 Å². The number of nitrogens with zero attached hydrogens (tertiary/aromatic N) is 1. The maximum atomic E-state index is 5.71. The zero-order chi connectivity index (χ0) is 15.2. The van der Waals surface area contributed by atoms with Crippen LogP contribution in [0.4, 0.5) is 5.69 Å². The minimum atomic E-state index is 0.566. The summed E-state index contributed by atoms with van der Waals surface area (Å²) in [6.45, 7) is 10.5. The maximum absolute atomic E-state index is 5.71. The molecule has 1 aromatic rings. The monoisotopic (exact) mass is 290 g/mol. The molecule has 2 rings (SSSR count). The zero-order valence-corrected chi connectivity index (χ0v) is 14.0. The average Bonchev–Trinajstić information content (AvgIpc) is 2.46. The highest BCUT2D eigenvalue weighted by Gasteiger charge is 2.26. The molecule has 1 aliphatic heterocycles. The molecule has 1 N–H and O–H groups in total. The minimum Gasteiger partial charge on any atom is -0.381 e. The maximum Gasteiger partial charge on any atom is 0.0526 e. The molecule has 3 nitrogen and oxygen atoms in total. The van der Waals surface area contributed by atoms with Crippen LogP contribution in [0.3, 0.4) is 0 Å². The van der Waals surface area contributed by atoms with Gasteiger partial charge in [0.15, 0.2) is 0 Å². The van der Waals surface area contributed by atoms with Gasteiger partial charge in [-0.25, -0.2) is 0 Å². The number of rotatable bonds is 6. The first kappa shape index (κ1) is 16.3. The summed E-state index contributed by atoms with van der Waals surface area (Å²) in [6.07, 6.45) is 2.32. The SMILES string of the molecule is CCCNC1CCOCC1CN(C)c1ccc(C)cc1C. The van der Waals surface area contributed by atoms with E-state index in [2.05, 4.69) is 56.2 Å². The lowest BCUT2D eigenvalue weighted by molar-refractivity contribution is 0.0351. The van der Waals surface area contributed by atoms with Crippen molar-refractivity contribution in [1.82, 2.24) is 5.32 Å². The lowest BCUT2D eigenvalue weighted by atomic mass is 9.94. The molecule has 2 atom stereocenters. The van der Waals surface area contributed by atoms with Crippen molar-refractivity contribution in [1.29, 1.82) is 0 Å². The van der Waals surface area contributed by atoms with Crippen molar-refractivity contribution in [3.8, 4) is 0 Å². The summed E-state index contributed by atoms with van der Waals surface area (Å²) in [5.41, 5.74) is 4.01. The smallest absolute Gasteiger partial charge is 0.0526 e. The molecule has 1 aliphatic rings. The minimum absolute atomic E-state index is 0.566. The van der Waals surface area contributed by atoms with Gasteiger partial charge in [0.2, 0.25) is 0 Å². The molecular weight excluding hydrogens is 260 g/mol. The summed E-state index contributed by atoms with van der Waals surface area (Å²) in [5.74, 6) is 0.566. The summed E-state index contributed by atoms with van der Waals surface area (Å²) in [4.78, 5) is 2.38. The van der Waals surface area contributed by atoms with Crippen molar-refractivity contribution < 1.29 is 4.74 Å². The highest BCUT2D eigenvalue weighted by atomic mass is 16.5. The van der Waals surface area contributed by atoms with Gasteiger partial charge in [0, 0.05) is 37.8 Å². The molecule has 118 valence electrons. The third-order valence-electron chi connectivity index (χ3n) is 4.40. The molecule has 1 heterocycles. The lowest BCUT2D eigenvalue weighted by Gasteiger charge is -2.36. The van der Waals surface area contributed by atoms with E-state index >= 15 is 0 Å². The largest absolute Gasteiger partial charge is 0.381 e. The second-order valence-electron chi connectivity index (χ2n) is 6.35. The Labute approximate surface area is 129 Å². The van der Waals surface area contributed by atoms with E-state index in [1.807, 2.05) is 0 Å². The summed E-state index contributed by atoms with van der Waals surface area (Å²) >= 11 is 0. The first-order chi connectivity index (χ1) is 10.1. The van der Waals surface area contributed by atoms with Crippen molar-refractivity contribution in [3.05, 3.63) is 29.3 Å². The van der Waals surface area contributed by atoms with Crippen molar-refractivity contribution >= 4 is 5.69 Å². The van der Waals surface area contributed by atoms with E-state index in [0.717, 1.165) is 32.7 Å². The van der Waals surface area contributed by atoms with Crippen LogP contribution in [0.1, 0.15) is 30.9 Å². The second kappa shape index (κ2) is 7.81. The van der Waals surface area contributed by atoms with Crippen LogP contribution >= 0.6 is 0 Å². The molecule has 3 heteroatoms. The van der Waals surface area contributed by atoms with Crippen molar-refractivity contribution in [2.45, 2.75) is 39.7 Å². The molecular formula is C18H30N2O. The van der Waals surface area contributed by atoms with E-state index in [1.165, 1.54) is 23.2 Å². The Hall–Kier alpha value is -1.06. The van der Waals surface area contributed by atoms with Crippen LogP contribution in [-0.4, -0.2) is 39.4 Å². The topological polar surface area (TPSA) is 24.5 Å². The summed E-state index contributed by atoms with van der Waals surface area (Å²) in [6, 6.07) is 7.29. The molecule has 2 unspecified atom stereocenters. The Balaban J connectivity index is 2.00. The Morgan fingerprint density at radius 1 is 1.33 bits per heavy atom. The van der Waals surface area contributed by atoms with Crippen LogP contribution in [0.15, 0.2) is 18.2 Å². The summed E-state index contributed by atoms with van der Waals surface area (Å²) < 4.78 is 5.71. The standard InChI is InChI=1S/C18H30N2O/c1-5-9-19-17-8-10-21-13-16(17)12-20(4)18-7-6-14(2)11-15(18)3/h6-7,11,16-17,19H,5,8-10,12-13H2,1-4H3. The number of benzene rings is 1. The molecule has 0 saturated carbocycles. The van der Waals surface area contributed by atoms with E-state index in [9.17, 15) is 0 Å². The van der Waals surface area contributed by atoms with Crippen molar-refractivity contribution in [3.63, 3.8) is 0 Å². The highest BCUT2D eigenvalue weighted by molar-refractivity contribution is 5.53. The number of anilines is 1. The molecule has 0 aromatic heterocycles. The molecule has 0 amide bonds. The van der Waals surface area contributed by atoms with Crippen LogP contribution < -0.4 is 10.2 Å². The van der Waals surface area contributed by atoms with Crippen LogP contribution in [-0.2, 0) is 4.74 Å². The van der Waals surface area contributed by atoms with E-state index in [1.54, 1.807) is 0 Å². The molecule has 1 fully saturated rings. The molecule has 1 saturated heterocycles. The van der Waals surface area contributed by atoms with E-state index in [4.69, 9.17) is 4.74 Å². The molecule has 21 heavy (non-hydrogen) atoms. The van der Waals surface area contributed by atoms with Gasteiger partial charge in [-0.1, -0.05) is 24.6 Å². The third-order valence-corrected chi connectivity index (χ3v) is 4.40. The lowest BCUT2D eigenvalue weighted by Crippen LogP contribution is -2.47. The second-order valence-corrected chi connectivity index (χ2v) is 6.35. The highest BCUT2D eigenvalue weighted by Crippen LogP contribution is 2.23. The van der Waals surface area contributed by atoms with Gasteiger partial charge in [0.05, 0.1) is 6.61 Å². The number of ether oxygens (including phenoxy) is 1. The predicted molar refractivity (Wildman–Crippen MR) is 90.2 cm³/mol. The average molecular weight is 290 g/mol. The van der Waals surface area contributed by atoms with E-state index in [-0.39, 0.29) is 0 Å². The Morgan fingerprint density at radius 3 is 2.86 bits per heavy atom. The fraction of sp³-hybridized carbons (Fsp3) is 0.667. The third kappa shape index (κ3) is 4.45. The van der Waals surface area contributed by atoms with E-state index in [0.29, 0.717) is 12.0 Å². The number of hydrogen-bond acceptors (Lipinski definition) is 3. The summed E-state index contributed by atoms with van der Waals surface area (Å²) in [5, 5.41) is 3.70. The van der Waals surface area contributed by atoms with Gasteiger partial charge >= 0.3 is 0 Å². The fourth-order valence-electron chi connectivity index (χ4n) is 3.26. The van der Waals surface area contributed by atoms with Gasteiger partial charge in [-0.05, 0) is 44.9 Å². The first-order valence-corrected chi connectivity index (χ1v) is 8.21. The van der Waals surface area contributed by atoms with Crippen LogP contribution in [0, 0.1) is 19.8 Å². The van der Waals surface area contributed by atoms with Gasteiger partial charge in [-0.15, -0.1) is 0 Å². The predicted octanol–water partition coefficient (Wildman–Crippen LogP) is 3.14. The first-order valence-electron chi connectivity index (χ1n) is 8.21. The van der Waals surface area contributed by atoms with Crippen molar-refractivity contribution in [2.24, 2.45) is 5.92 Å². The molecule has 1 aromatic carbocycles. The molecule has 0 bridgehead atoms.